The van der Waals surface area contributed by atoms with Gasteiger partial charge in [0.1, 0.15) is 11.8 Å². The summed E-state index contributed by atoms with van der Waals surface area (Å²) in [4.78, 5) is 38.9. The zero-order valence-electron chi connectivity index (χ0n) is 21.3. The summed E-state index contributed by atoms with van der Waals surface area (Å²) in [5.41, 5.74) is 0.835. The molecule has 7 nitrogen and oxygen atoms in total. The van der Waals surface area contributed by atoms with Gasteiger partial charge in [-0.3, -0.25) is 14.4 Å². The summed E-state index contributed by atoms with van der Waals surface area (Å²) in [6, 6.07) is 15.9. The maximum absolute atomic E-state index is 13.8. The number of para-hydroxylation sites is 1. The summed E-state index contributed by atoms with van der Waals surface area (Å²) in [5, 5.41) is 5.95. The molecule has 2 aromatic rings. The van der Waals surface area contributed by atoms with Crippen LogP contribution in [0.5, 0.6) is 5.75 Å². The van der Waals surface area contributed by atoms with Gasteiger partial charge in [0, 0.05) is 31.4 Å². The van der Waals surface area contributed by atoms with Crippen molar-refractivity contribution in [1.82, 2.24) is 5.32 Å². The molecular formula is C28H36N2O5S. The van der Waals surface area contributed by atoms with Gasteiger partial charge >= 0.3 is 0 Å². The Morgan fingerprint density at radius 2 is 1.72 bits per heavy atom. The summed E-state index contributed by atoms with van der Waals surface area (Å²) < 4.78 is 11.0. The van der Waals surface area contributed by atoms with Crippen molar-refractivity contribution in [2.24, 2.45) is 5.41 Å². The number of hydrogen-bond acceptors (Lipinski definition) is 6. The van der Waals surface area contributed by atoms with Gasteiger partial charge in [-0.25, -0.2) is 0 Å². The first-order valence-corrected chi connectivity index (χ1v) is 13.4. The van der Waals surface area contributed by atoms with Crippen molar-refractivity contribution < 1.29 is 23.9 Å². The average molecular weight is 513 g/mol. The predicted octanol–water partition coefficient (Wildman–Crippen LogP) is 4.61. The lowest BCUT2D eigenvalue weighted by atomic mass is 9.73. The van der Waals surface area contributed by atoms with Gasteiger partial charge in [0.2, 0.25) is 11.8 Å². The minimum Gasteiger partial charge on any atom is -0.497 e. The molecule has 0 heterocycles. The highest BCUT2D eigenvalue weighted by atomic mass is 32.2. The molecule has 0 saturated heterocycles. The van der Waals surface area contributed by atoms with E-state index in [2.05, 4.69) is 10.6 Å². The standard InChI is InChI=1S/C28H36N2O5S/c1-4-35-24-14-16-28(17-15-24,19-36-20(2)31)27(33)30-25(18-21-10-12-23(34-3)13-11-21)26(32)29-22-8-6-5-7-9-22/h5-13,24-25H,4,14-19H2,1-3H3,(H,29,32)(H,30,33)/t24?,25-,28?/m0/s1. The van der Waals surface area contributed by atoms with E-state index in [9.17, 15) is 14.4 Å². The van der Waals surface area contributed by atoms with E-state index in [1.807, 2.05) is 61.5 Å². The lowest BCUT2D eigenvalue weighted by molar-refractivity contribution is -0.136. The molecule has 0 aromatic heterocycles. The van der Waals surface area contributed by atoms with Crippen LogP contribution in [0.4, 0.5) is 5.69 Å². The van der Waals surface area contributed by atoms with Crippen LogP contribution >= 0.6 is 11.8 Å². The molecule has 2 amide bonds. The summed E-state index contributed by atoms with van der Waals surface area (Å²) >= 11 is 1.17. The van der Waals surface area contributed by atoms with E-state index >= 15 is 0 Å². The van der Waals surface area contributed by atoms with E-state index in [4.69, 9.17) is 9.47 Å². The van der Waals surface area contributed by atoms with E-state index in [-0.39, 0.29) is 23.0 Å². The topological polar surface area (TPSA) is 93.7 Å². The number of methoxy groups -OCH3 is 1. The van der Waals surface area contributed by atoms with E-state index in [0.717, 1.165) is 24.2 Å². The van der Waals surface area contributed by atoms with Crippen LogP contribution in [0.25, 0.3) is 0 Å². The third kappa shape index (κ3) is 7.83. The molecule has 1 atom stereocenters. The second-order valence-corrected chi connectivity index (χ2v) is 10.3. The minimum atomic E-state index is -0.782. The molecule has 0 unspecified atom stereocenters. The molecule has 3 rings (SSSR count). The van der Waals surface area contributed by atoms with Crippen molar-refractivity contribution in [1.29, 1.82) is 0 Å². The molecule has 36 heavy (non-hydrogen) atoms. The first-order chi connectivity index (χ1) is 17.3. The Hall–Kier alpha value is -2.84. The number of rotatable bonds is 11. The summed E-state index contributed by atoms with van der Waals surface area (Å²) in [6.45, 7) is 4.12. The number of hydrogen-bond donors (Lipinski definition) is 2. The van der Waals surface area contributed by atoms with E-state index in [1.54, 1.807) is 7.11 Å². The molecule has 0 aliphatic heterocycles. The predicted molar refractivity (Wildman–Crippen MR) is 143 cm³/mol. The average Bonchev–Trinajstić information content (AvgIpc) is 2.89. The molecule has 2 N–H and O–H groups in total. The lowest BCUT2D eigenvalue weighted by Crippen LogP contribution is -2.53. The maximum atomic E-state index is 13.8. The van der Waals surface area contributed by atoms with Gasteiger partial charge in [-0.1, -0.05) is 42.1 Å². The first-order valence-electron chi connectivity index (χ1n) is 12.4. The van der Waals surface area contributed by atoms with Crippen LogP contribution in [0.15, 0.2) is 54.6 Å². The number of benzene rings is 2. The molecule has 2 aromatic carbocycles. The Kier molecular flexibility index (Phi) is 10.4. The number of nitrogens with one attached hydrogen (secondary N) is 2. The van der Waals surface area contributed by atoms with Crippen LogP contribution in [-0.4, -0.2) is 48.5 Å². The van der Waals surface area contributed by atoms with Crippen molar-refractivity contribution in [3.8, 4) is 5.75 Å². The fraction of sp³-hybridized carbons (Fsp3) is 0.464. The number of anilines is 1. The molecule has 1 fully saturated rings. The zero-order chi connectivity index (χ0) is 26.0. The Morgan fingerprint density at radius 1 is 1.06 bits per heavy atom. The highest BCUT2D eigenvalue weighted by Gasteiger charge is 2.43. The summed E-state index contributed by atoms with van der Waals surface area (Å²) in [5.74, 6) is 0.637. The van der Waals surface area contributed by atoms with Crippen molar-refractivity contribution in [3.05, 3.63) is 60.2 Å². The minimum absolute atomic E-state index is 0.0225. The quantitative estimate of drug-likeness (QED) is 0.457. The molecule has 0 radical (unpaired) electrons. The van der Waals surface area contributed by atoms with Gasteiger partial charge in [-0.15, -0.1) is 0 Å². The number of ether oxygens (including phenoxy) is 2. The monoisotopic (exact) mass is 512 g/mol. The van der Waals surface area contributed by atoms with Gasteiger partial charge < -0.3 is 20.1 Å². The second kappa shape index (κ2) is 13.5. The van der Waals surface area contributed by atoms with Crippen LogP contribution in [-0.2, 0) is 25.5 Å². The molecule has 8 heteroatoms. The molecular weight excluding hydrogens is 476 g/mol. The molecule has 1 aliphatic rings. The Morgan fingerprint density at radius 3 is 2.31 bits per heavy atom. The maximum Gasteiger partial charge on any atom is 0.247 e. The van der Waals surface area contributed by atoms with E-state index in [0.29, 0.717) is 37.3 Å². The van der Waals surface area contributed by atoms with Crippen LogP contribution < -0.4 is 15.4 Å². The third-order valence-electron chi connectivity index (χ3n) is 6.59. The molecule has 1 saturated carbocycles. The van der Waals surface area contributed by atoms with Crippen LogP contribution in [0, 0.1) is 5.41 Å². The fourth-order valence-corrected chi connectivity index (χ4v) is 5.39. The largest absolute Gasteiger partial charge is 0.497 e. The third-order valence-corrected chi connectivity index (χ3v) is 7.69. The number of carbonyl (C=O) groups is 3. The van der Waals surface area contributed by atoms with Crippen molar-refractivity contribution in [2.45, 2.75) is 58.1 Å². The second-order valence-electron chi connectivity index (χ2n) is 9.15. The molecule has 0 spiro atoms. The Balaban J connectivity index is 1.81. The fourth-order valence-electron chi connectivity index (χ4n) is 4.49. The SMILES string of the molecule is CCOC1CCC(CSC(C)=O)(C(=O)N[C@@H](Cc2ccc(OC)cc2)C(=O)Nc2ccccc2)CC1. The summed E-state index contributed by atoms with van der Waals surface area (Å²) in [6.07, 6.45) is 3.16. The highest BCUT2D eigenvalue weighted by Crippen LogP contribution is 2.40. The zero-order valence-corrected chi connectivity index (χ0v) is 22.1. The molecule has 194 valence electrons. The highest BCUT2D eigenvalue weighted by molar-refractivity contribution is 8.13. The Bertz CT molecular complexity index is 1000. The van der Waals surface area contributed by atoms with E-state index < -0.39 is 11.5 Å². The van der Waals surface area contributed by atoms with Crippen LogP contribution in [0.3, 0.4) is 0 Å². The number of amides is 2. The number of carbonyl (C=O) groups excluding carboxylic acids is 3. The lowest BCUT2D eigenvalue weighted by Gasteiger charge is -2.39. The van der Waals surface area contributed by atoms with Crippen molar-refractivity contribution in [3.63, 3.8) is 0 Å². The number of thioether (sulfide) groups is 1. The van der Waals surface area contributed by atoms with Gasteiger partial charge in [-0.05, 0) is 62.4 Å². The molecule has 0 bridgehead atoms. The van der Waals surface area contributed by atoms with Gasteiger partial charge in [0.15, 0.2) is 5.12 Å². The summed E-state index contributed by atoms with van der Waals surface area (Å²) in [7, 11) is 1.60. The smallest absolute Gasteiger partial charge is 0.247 e. The first kappa shape index (κ1) is 27.7. The van der Waals surface area contributed by atoms with Crippen molar-refractivity contribution in [2.75, 3.05) is 24.8 Å². The molecule has 1 aliphatic carbocycles. The van der Waals surface area contributed by atoms with Crippen LogP contribution in [0.2, 0.25) is 0 Å². The van der Waals surface area contributed by atoms with Gasteiger partial charge in [0.25, 0.3) is 0 Å². The van der Waals surface area contributed by atoms with Crippen molar-refractivity contribution >= 4 is 34.4 Å². The van der Waals surface area contributed by atoms with Crippen LogP contribution in [0.1, 0.15) is 45.1 Å². The van der Waals surface area contributed by atoms with Gasteiger partial charge in [-0.2, -0.15) is 0 Å². The van der Waals surface area contributed by atoms with Gasteiger partial charge in [0.05, 0.1) is 18.6 Å². The normalized spacial score (nSPS) is 20.2. The van der Waals surface area contributed by atoms with E-state index in [1.165, 1.54) is 18.7 Å². The Labute approximate surface area is 217 Å².